The maximum atomic E-state index is 2.72. The van der Waals surface area contributed by atoms with Crippen molar-refractivity contribution in [2.24, 2.45) is 0 Å². The van der Waals surface area contributed by atoms with Gasteiger partial charge in [0.05, 0.1) is 5.69 Å². The standard InChI is InChI=1S/C57H69BN2S/c1-10-14-18-39-23-27-52-45(35-39)54-55(61-52)58-48-26-22-40(19-15-11-2)36-49(48)59(44-33-41(20-16-12-3)32-42(34-44)21-17-13-4)50-30-38(5)31-51(53(50)58)60(54)43-24-25-46-47(37-43)57(8,9)29-28-56(46,6)7/h22-27,30-37H,10-21,28-29H2,1-9H3. The Bertz CT molecular complexity index is 2560. The van der Waals surface area contributed by atoms with Crippen LogP contribution >= 0.6 is 11.3 Å². The van der Waals surface area contributed by atoms with Gasteiger partial charge in [0.1, 0.15) is 0 Å². The molecule has 0 fully saturated rings. The fourth-order valence-corrected chi connectivity index (χ4v) is 12.3. The first-order chi connectivity index (χ1) is 29.5. The topological polar surface area (TPSA) is 6.48 Å². The third-order valence-corrected chi connectivity index (χ3v) is 15.8. The molecule has 316 valence electrons. The summed E-state index contributed by atoms with van der Waals surface area (Å²) >= 11 is 2.04. The second-order valence-electron chi connectivity index (χ2n) is 20.3. The van der Waals surface area contributed by atoms with Gasteiger partial charge in [0.25, 0.3) is 6.71 Å². The molecular weight excluding hydrogens is 756 g/mol. The number of thiophene rings is 1. The fraction of sp³-hybridized carbons (Fsp3) is 0.439. The Labute approximate surface area is 372 Å². The third kappa shape index (κ3) is 7.57. The minimum atomic E-state index is 0.113. The Hall–Kier alpha value is -4.28. The summed E-state index contributed by atoms with van der Waals surface area (Å²) in [7, 11) is 0. The van der Waals surface area contributed by atoms with Crippen molar-refractivity contribution in [2.45, 2.75) is 163 Å². The average molecular weight is 825 g/mol. The molecule has 0 bridgehead atoms. The van der Waals surface area contributed by atoms with Crippen molar-refractivity contribution in [1.29, 1.82) is 0 Å². The number of aryl methyl sites for hydroxylation is 5. The molecule has 61 heavy (non-hydrogen) atoms. The van der Waals surface area contributed by atoms with Gasteiger partial charge < -0.3 is 9.80 Å². The maximum Gasteiger partial charge on any atom is 0.264 e. The summed E-state index contributed by atoms with van der Waals surface area (Å²) in [5.74, 6) is 0. The van der Waals surface area contributed by atoms with E-state index in [9.17, 15) is 0 Å². The van der Waals surface area contributed by atoms with Crippen LogP contribution < -0.4 is 25.5 Å². The molecular formula is C57H69BN2S. The number of anilines is 6. The average Bonchev–Trinajstić information content (AvgIpc) is 3.63. The van der Waals surface area contributed by atoms with Gasteiger partial charge >= 0.3 is 0 Å². The summed E-state index contributed by atoms with van der Waals surface area (Å²) in [6.07, 6.45) is 16.6. The molecule has 5 aromatic carbocycles. The normalized spacial score (nSPS) is 15.8. The van der Waals surface area contributed by atoms with Gasteiger partial charge in [-0.15, -0.1) is 11.3 Å². The van der Waals surface area contributed by atoms with Gasteiger partial charge in [0.2, 0.25) is 0 Å². The summed E-state index contributed by atoms with van der Waals surface area (Å²) in [4.78, 5) is 5.43. The summed E-state index contributed by atoms with van der Waals surface area (Å²) in [5.41, 5.74) is 21.5. The number of hydrogen-bond acceptors (Lipinski definition) is 3. The second-order valence-corrected chi connectivity index (χ2v) is 21.4. The molecule has 6 aromatic rings. The van der Waals surface area contributed by atoms with Gasteiger partial charge in [0.15, 0.2) is 0 Å². The van der Waals surface area contributed by atoms with Crippen molar-refractivity contribution in [3.05, 3.63) is 124 Å². The Balaban J connectivity index is 1.35. The molecule has 4 heteroatoms. The van der Waals surface area contributed by atoms with E-state index in [0.717, 1.165) is 25.7 Å². The molecule has 0 unspecified atom stereocenters. The van der Waals surface area contributed by atoms with Crippen LogP contribution in [0.25, 0.3) is 10.1 Å². The van der Waals surface area contributed by atoms with Gasteiger partial charge in [-0.1, -0.05) is 111 Å². The summed E-state index contributed by atoms with van der Waals surface area (Å²) in [6.45, 7) is 21.6. The van der Waals surface area contributed by atoms with Crippen LogP contribution in [0.5, 0.6) is 0 Å². The number of benzene rings is 5. The van der Waals surface area contributed by atoms with E-state index in [1.807, 2.05) is 11.3 Å². The zero-order valence-corrected chi connectivity index (χ0v) is 39.7. The lowest BCUT2D eigenvalue weighted by atomic mass is 9.36. The van der Waals surface area contributed by atoms with Crippen LogP contribution in [0.4, 0.5) is 34.1 Å². The van der Waals surface area contributed by atoms with Crippen LogP contribution in [0.1, 0.15) is 159 Å². The smallest absolute Gasteiger partial charge is 0.264 e. The van der Waals surface area contributed by atoms with Gasteiger partial charge in [0, 0.05) is 43.3 Å². The molecule has 0 saturated carbocycles. The number of fused-ring (bicyclic) bond motifs is 7. The maximum absolute atomic E-state index is 2.72. The fourth-order valence-electron chi connectivity index (χ4n) is 11.0. The lowest BCUT2D eigenvalue weighted by Gasteiger charge is -2.45. The van der Waals surface area contributed by atoms with Crippen LogP contribution in [-0.2, 0) is 36.5 Å². The first kappa shape index (κ1) is 42.0. The molecule has 0 atom stereocenters. The highest BCUT2D eigenvalue weighted by atomic mass is 32.1. The van der Waals surface area contributed by atoms with Gasteiger partial charge in [-0.3, -0.25) is 0 Å². The molecule has 9 rings (SSSR count). The highest BCUT2D eigenvalue weighted by Gasteiger charge is 2.46. The highest BCUT2D eigenvalue weighted by Crippen LogP contribution is 2.52. The van der Waals surface area contributed by atoms with E-state index in [1.54, 1.807) is 0 Å². The van der Waals surface area contributed by atoms with Crippen molar-refractivity contribution in [2.75, 3.05) is 9.80 Å². The van der Waals surface area contributed by atoms with E-state index >= 15 is 0 Å². The first-order valence-corrected chi connectivity index (χ1v) is 25.0. The van der Waals surface area contributed by atoms with Crippen molar-refractivity contribution in [3.8, 4) is 0 Å². The molecule has 0 radical (unpaired) electrons. The monoisotopic (exact) mass is 825 g/mol. The van der Waals surface area contributed by atoms with Crippen molar-refractivity contribution < 1.29 is 0 Å². The molecule has 3 heterocycles. The van der Waals surface area contributed by atoms with Gasteiger partial charge in [-0.2, -0.15) is 0 Å². The highest BCUT2D eigenvalue weighted by molar-refractivity contribution is 7.33. The predicted octanol–water partition coefficient (Wildman–Crippen LogP) is 15.0. The van der Waals surface area contributed by atoms with Crippen LogP contribution in [0.15, 0.2) is 84.9 Å². The van der Waals surface area contributed by atoms with Gasteiger partial charge in [-0.05, 0) is 186 Å². The quantitative estimate of drug-likeness (QED) is 0.101. The Morgan fingerprint density at radius 2 is 1.11 bits per heavy atom. The number of rotatable bonds is 14. The van der Waals surface area contributed by atoms with Crippen LogP contribution in [0.3, 0.4) is 0 Å². The number of hydrogen-bond donors (Lipinski definition) is 0. The van der Waals surface area contributed by atoms with E-state index in [2.05, 4.69) is 157 Å². The molecule has 1 aromatic heterocycles. The summed E-state index contributed by atoms with van der Waals surface area (Å²) < 4.78 is 2.88. The predicted molar refractivity (Wildman–Crippen MR) is 270 cm³/mol. The molecule has 0 amide bonds. The van der Waals surface area contributed by atoms with E-state index < -0.39 is 0 Å². The number of nitrogens with zero attached hydrogens (tertiary/aromatic N) is 2. The summed E-state index contributed by atoms with van der Waals surface area (Å²) in [6, 6.07) is 35.2. The number of unbranched alkanes of at least 4 members (excludes halogenated alkanes) is 4. The largest absolute Gasteiger partial charge is 0.311 e. The molecule has 1 aliphatic carbocycles. The zero-order valence-electron chi connectivity index (χ0n) is 38.9. The lowest BCUT2D eigenvalue weighted by Crippen LogP contribution is -2.60. The van der Waals surface area contributed by atoms with Crippen molar-refractivity contribution in [1.82, 2.24) is 0 Å². The van der Waals surface area contributed by atoms with Crippen LogP contribution in [-0.4, -0.2) is 6.71 Å². The molecule has 2 aliphatic heterocycles. The second kappa shape index (κ2) is 16.8. The minimum Gasteiger partial charge on any atom is -0.311 e. The first-order valence-electron chi connectivity index (χ1n) is 24.2. The zero-order chi connectivity index (χ0) is 42.6. The van der Waals surface area contributed by atoms with E-state index in [0.29, 0.717) is 0 Å². The van der Waals surface area contributed by atoms with Crippen LogP contribution in [0, 0.1) is 6.92 Å². The Kier molecular flexibility index (Phi) is 11.6. The lowest BCUT2D eigenvalue weighted by molar-refractivity contribution is 0.332. The van der Waals surface area contributed by atoms with E-state index in [4.69, 9.17) is 0 Å². The molecule has 3 aliphatic rings. The summed E-state index contributed by atoms with van der Waals surface area (Å²) in [5, 5.41) is 1.41. The molecule has 2 nitrogen and oxygen atoms in total. The van der Waals surface area contributed by atoms with E-state index in [1.165, 1.54) is 163 Å². The van der Waals surface area contributed by atoms with Crippen LogP contribution in [0.2, 0.25) is 0 Å². The van der Waals surface area contributed by atoms with Gasteiger partial charge in [-0.25, -0.2) is 0 Å². The third-order valence-electron chi connectivity index (χ3n) is 14.6. The minimum absolute atomic E-state index is 0.113. The molecule has 0 N–H and O–H groups in total. The van der Waals surface area contributed by atoms with Crippen molar-refractivity contribution in [3.63, 3.8) is 0 Å². The van der Waals surface area contributed by atoms with E-state index in [-0.39, 0.29) is 17.5 Å². The Morgan fingerprint density at radius 3 is 1.75 bits per heavy atom. The SMILES string of the molecule is CCCCc1cc(CCCC)cc(N2c3cc(CCCC)ccc3B3c4sc5ccc(CCCC)cc5c4N(c4ccc5c(c4)C(C)(C)CCC5(C)C)c4cc(C)cc2c43)c1. The molecule has 0 saturated heterocycles. The Morgan fingerprint density at radius 1 is 0.541 bits per heavy atom. The van der Waals surface area contributed by atoms with Crippen molar-refractivity contribution >= 4 is 78.0 Å². The molecule has 0 spiro atoms.